The van der Waals surface area contributed by atoms with Crippen LogP contribution >= 0.6 is 0 Å². The third-order valence-electron chi connectivity index (χ3n) is 2.21. The fourth-order valence-corrected chi connectivity index (χ4v) is 2.78. The first-order valence-corrected chi connectivity index (χ1v) is 6.50. The minimum Gasteiger partial charge on any atom is -0.265 e. The molecule has 0 aliphatic heterocycles. The van der Waals surface area contributed by atoms with Crippen LogP contribution in [0.4, 0.5) is 0 Å². The quantitative estimate of drug-likeness (QED) is 0.815. The van der Waals surface area contributed by atoms with Crippen molar-refractivity contribution in [2.24, 2.45) is 0 Å². The van der Waals surface area contributed by atoms with E-state index >= 15 is 0 Å². The van der Waals surface area contributed by atoms with Gasteiger partial charge in [-0.15, -0.1) is 0 Å². The highest BCUT2D eigenvalue weighted by atomic mass is 32.2. The molecule has 0 saturated carbocycles. The molecule has 82 valence electrons. The molecule has 0 bridgehead atoms. The number of aromatic nitrogens is 1. The van der Waals surface area contributed by atoms with Gasteiger partial charge in [-0.05, 0) is 29.8 Å². The number of rotatable bonds is 3. The van der Waals surface area contributed by atoms with Crippen molar-refractivity contribution in [2.45, 2.75) is 10.6 Å². The van der Waals surface area contributed by atoms with E-state index in [2.05, 4.69) is 4.98 Å². The molecule has 0 aliphatic rings. The molecule has 4 heteroatoms. The van der Waals surface area contributed by atoms with Crippen LogP contribution in [0.1, 0.15) is 5.56 Å². The molecule has 2 aromatic rings. The van der Waals surface area contributed by atoms with Crippen molar-refractivity contribution in [2.75, 3.05) is 0 Å². The third kappa shape index (κ3) is 2.46. The number of benzene rings is 1. The molecular weight excluding hydrogens is 222 g/mol. The lowest BCUT2D eigenvalue weighted by Crippen LogP contribution is -2.04. The zero-order valence-electron chi connectivity index (χ0n) is 8.58. The van der Waals surface area contributed by atoms with Gasteiger partial charge in [-0.2, -0.15) is 0 Å². The summed E-state index contributed by atoms with van der Waals surface area (Å²) < 4.78 is 24.0. The summed E-state index contributed by atoms with van der Waals surface area (Å²) in [6.45, 7) is 0. The van der Waals surface area contributed by atoms with Gasteiger partial charge in [0.15, 0.2) is 9.84 Å². The summed E-state index contributed by atoms with van der Waals surface area (Å²) in [7, 11) is -3.24. The van der Waals surface area contributed by atoms with Crippen LogP contribution in [0.3, 0.4) is 0 Å². The molecule has 0 amide bonds. The molecule has 1 aromatic carbocycles. The lowest BCUT2D eigenvalue weighted by atomic mass is 10.3. The highest BCUT2D eigenvalue weighted by Gasteiger charge is 2.14. The van der Waals surface area contributed by atoms with E-state index in [1.807, 2.05) is 0 Å². The zero-order chi connectivity index (χ0) is 11.4. The second kappa shape index (κ2) is 4.45. The SMILES string of the molecule is O=S(=O)(Cc1ccncc1)c1ccccc1. The van der Waals surface area contributed by atoms with Gasteiger partial charge in [0.1, 0.15) is 0 Å². The van der Waals surface area contributed by atoms with Gasteiger partial charge >= 0.3 is 0 Å². The van der Waals surface area contributed by atoms with Crippen LogP contribution in [0.5, 0.6) is 0 Å². The summed E-state index contributed by atoms with van der Waals surface area (Å²) in [6, 6.07) is 11.9. The molecule has 2 rings (SSSR count). The van der Waals surface area contributed by atoms with Gasteiger partial charge in [0.25, 0.3) is 0 Å². The van der Waals surface area contributed by atoms with Gasteiger partial charge in [0, 0.05) is 12.4 Å². The van der Waals surface area contributed by atoms with E-state index < -0.39 is 9.84 Å². The predicted molar refractivity (Wildman–Crippen MR) is 61.6 cm³/mol. The highest BCUT2D eigenvalue weighted by Crippen LogP contribution is 2.15. The Bertz CT molecular complexity index is 550. The molecule has 16 heavy (non-hydrogen) atoms. The first kappa shape index (κ1) is 10.8. The second-order valence-electron chi connectivity index (χ2n) is 3.43. The maximum absolute atomic E-state index is 12.0. The van der Waals surface area contributed by atoms with Crippen molar-refractivity contribution < 1.29 is 8.42 Å². The lowest BCUT2D eigenvalue weighted by Gasteiger charge is -2.03. The summed E-state index contributed by atoms with van der Waals surface area (Å²) in [4.78, 5) is 4.21. The molecular formula is C12H11NO2S. The summed E-state index contributed by atoms with van der Waals surface area (Å²) >= 11 is 0. The van der Waals surface area contributed by atoms with Crippen molar-refractivity contribution in [1.82, 2.24) is 4.98 Å². The average Bonchev–Trinajstić information content (AvgIpc) is 2.31. The first-order chi connectivity index (χ1) is 7.68. The molecule has 3 nitrogen and oxygen atoms in total. The van der Waals surface area contributed by atoms with Crippen LogP contribution in [0, 0.1) is 0 Å². The molecule has 0 spiro atoms. The monoisotopic (exact) mass is 233 g/mol. The van der Waals surface area contributed by atoms with Crippen LogP contribution in [0.25, 0.3) is 0 Å². The summed E-state index contributed by atoms with van der Waals surface area (Å²) in [6.07, 6.45) is 3.19. The van der Waals surface area contributed by atoms with Crippen molar-refractivity contribution >= 4 is 9.84 Å². The summed E-state index contributed by atoms with van der Waals surface area (Å²) in [5.74, 6) is 0.0134. The molecule has 0 saturated heterocycles. The van der Waals surface area contributed by atoms with E-state index in [1.165, 1.54) is 0 Å². The van der Waals surface area contributed by atoms with Crippen molar-refractivity contribution in [3.63, 3.8) is 0 Å². The number of pyridine rings is 1. The van der Waals surface area contributed by atoms with E-state index in [4.69, 9.17) is 0 Å². The van der Waals surface area contributed by atoms with Crippen LogP contribution in [0.2, 0.25) is 0 Å². The smallest absolute Gasteiger partial charge is 0.182 e. The topological polar surface area (TPSA) is 47.0 Å². The third-order valence-corrected chi connectivity index (χ3v) is 3.91. The molecule has 0 fully saturated rings. The largest absolute Gasteiger partial charge is 0.265 e. The van der Waals surface area contributed by atoms with Gasteiger partial charge in [0.05, 0.1) is 10.6 Å². The molecule has 0 radical (unpaired) electrons. The Balaban J connectivity index is 2.29. The lowest BCUT2D eigenvalue weighted by molar-refractivity contribution is 0.595. The highest BCUT2D eigenvalue weighted by molar-refractivity contribution is 7.90. The van der Waals surface area contributed by atoms with Gasteiger partial charge in [-0.25, -0.2) is 8.42 Å². The fraction of sp³-hybridized carbons (Fsp3) is 0.0833. The van der Waals surface area contributed by atoms with Gasteiger partial charge < -0.3 is 0 Å². The Labute approximate surface area is 94.7 Å². The van der Waals surface area contributed by atoms with Crippen LogP contribution in [-0.2, 0) is 15.6 Å². The number of hydrogen-bond acceptors (Lipinski definition) is 3. The van der Waals surface area contributed by atoms with Crippen molar-refractivity contribution in [1.29, 1.82) is 0 Å². The summed E-state index contributed by atoms with van der Waals surface area (Å²) in [5.41, 5.74) is 0.749. The first-order valence-electron chi connectivity index (χ1n) is 4.85. The number of hydrogen-bond donors (Lipinski definition) is 0. The van der Waals surface area contributed by atoms with Gasteiger partial charge in [-0.1, -0.05) is 18.2 Å². The van der Waals surface area contributed by atoms with Crippen LogP contribution < -0.4 is 0 Å². The second-order valence-corrected chi connectivity index (χ2v) is 5.42. The van der Waals surface area contributed by atoms with E-state index in [9.17, 15) is 8.42 Å². The van der Waals surface area contributed by atoms with Crippen molar-refractivity contribution in [3.05, 3.63) is 60.4 Å². The fourth-order valence-electron chi connectivity index (χ4n) is 1.41. The Morgan fingerprint density at radius 1 is 0.938 bits per heavy atom. The van der Waals surface area contributed by atoms with E-state index in [-0.39, 0.29) is 5.75 Å². The molecule has 1 heterocycles. The Morgan fingerprint density at radius 3 is 2.19 bits per heavy atom. The Kier molecular flexibility index (Phi) is 3.01. The maximum atomic E-state index is 12.0. The Hall–Kier alpha value is -1.68. The molecule has 0 aliphatic carbocycles. The van der Waals surface area contributed by atoms with Crippen LogP contribution in [-0.4, -0.2) is 13.4 Å². The minimum atomic E-state index is -3.24. The molecule has 0 N–H and O–H groups in total. The standard InChI is InChI=1S/C12H11NO2S/c14-16(15,12-4-2-1-3-5-12)10-11-6-8-13-9-7-11/h1-9H,10H2. The molecule has 1 aromatic heterocycles. The average molecular weight is 233 g/mol. The Morgan fingerprint density at radius 2 is 1.56 bits per heavy atom. The van der Waals surface area contributed by atoms with Crippen molar-refractivity contribution in [3.8, 4) is 0 Å². The normalized spacial score (nSPS) is 11.2. The maximum Gasteiger partial charge on any atom is 0.182 e. The molecule has 0 atom stereocenters. The van der Waals surface area contributed by atoms with Gasteiger partial charge in [0.2, 0.25) is 0 Å². The summed E-state index contributed by atoms with van der Waals surface area (Å²) in [5, 5.41) is 0. The van der Waals surface area contributed by atoms with E-state index in [0.717, 1.165) is 5.56 Å². The van der Waals surface area contributed by atoms with E-state index in [0.29, 0.717) is 4.90 Å². The number of nitrogens with zero attached hydrogens (tertiary/aromatic N) is 1. The predicted octanol–water partition coefficient (Wildman–Crippen LogP) is 2.06. The zero-order valence-corrected chi connectivity index (χ0v) is 9.39. The van der Waals surface area contributed by atoms with Gasteiger partial charge in [-0.3, -0.25) is 4.98 Å². The number of sulfone groups is 1. The van der Waals surface area contributed by atoms with Crippen LogP contribution in [0.15, 0.2) is 59.8 Å². The molecule has 0 unspecified atom stereocenters. The minimum absolute atomic E-state index is 0.0134. The van der Waals surface area contributed by atoms with E-state index in [1.54, 1.807) is 54.9 Å².